The third-order valence-corrected chi connectivity index (χ3v) is 6.71. The van der Waals surface area contributed by atoms with Gasteiger partial charge in [-0.05, 0) is 35.1 Å². The summed E-state index contributed by atoms with van der Waals surface area (Å²) in [6, 6.07) is 18.8. The van der Waals surface area contributed by atoms with Gasteiger partial charge in [-0.2, -0.15) is 0 Å². The van der Waals surface area contributed by atoms with Gasteiger partial charge in [0.05, 0.1) is 19.1 Å². The normalized spacial score (nSPS) is 17.9. The lowest BCUT2D eigenvalue weighted by Crippen LogP contribution is -2.48. The van der Waals surface area contributed by atoms with Crippen molar-refractivity contribution in [2.45, 2.75) is 32.4 Å². The van der Waals surface area contributed by atoms with E-state index in [-0.39, 0.29) is 23.8 Å². The van der Waals surface area contributed by atoms with E-state index < -0.39 is 5.92 Å². The molecule has 2 aromatic carbocycles. The Labute approximate surface area is 193 Å². The highest BCUT2D eigenvalue weighted by Crippen LogP contribution is 2.44. The van der Waals surface area contributed by atoms with Gasteiger partial charge in [0.2, 0.25) is 5.91 Å². The minimum absolute atomic E-state index is 0.0125. The summed E-state index contributed by atoms with van der Waals surface area (Å²) >= 11 is 1.58. The van der Waals surface area contributed by atoms with Gasteiger partial charge in [0, 0.05) is 29.1 Å². The molecular weight excluding hydrogens is 420 g/mol. The minimum Gasteiger partial charge on any atom is -0.496 e. The molecule has 1 aliphatic heterocycles. The number of para-hydroxylation sites is 1. The number of amides is 2. The molecule has 1 aromatic heterocycles. The molecule has 3 aromatic rings. The van der Waals surface area contributed by atoms with Crippen LogP contribution in [0, 0.1) is 5.92 Å². The van der Waals surface area contributed by atoms with Crippen molar-refractivity contribution < 1.29 is 14.3 Å². The monoisotopic (exact) mass is 448 g/mol. The van der Waals surface area contributed by atoms with E-state index in [2.05, 4.69) is 19.2 Å². The van der Waals surface area contributed by atoms with Crippen molar-refractivity contribution in [2.24, 2.45) is 5.92 Å². The van der Waals surface area contributed by atoms with Gasteiger partial charge in [0.25, 0.3) is 5.91 Å². The minimum atomic E-state index is -0.490. The Morgan fingerprint density at radius 1 is 1.09 bits per heavy atom. The molecule has 0 bridgehead atoms. The zero-order chi connectivity index (χ0) is 22.7. The largest absolute Gasteiger partial charge is 0.496 e. The van der Waals surface area contributed by atoms with Crippen LogP contribution in [0.4, 0.5) is 0 Å². The van der Waals surface area contributed by atoms with Gasteiger partial charge in [0.15, 0.2) is 0 Å². The highest BCUT2D eigenvalue weighted by atomic mass is 32.1. The Kier molecular flexibility index (Phi) is 6.61. The molecule has 5 nitrogen and oxygen atoms in total. The van der Waals surface area contributed by atoms with Crippen LogP contribution in [-0.4, -0.2) is 30.4 Å². The molecule has 2 amide bonds. The molecule has 6 heteroatoms. The first-order valence-electron chi connectivity index (χ1n) is 10.8. The molecule has 4 rings (SSSR count). The average molecular weight is 449 g/mol. The summed E-state index contributed by atoms with van der Waals surface area (Å²) < 4.78 is 5.43. The first kappa shape index (κ1) is 22.1. The third kappa shape index (κ3) is 4.28. The molecule has 1 N–H and O–H groups in total. The van der Waals surface area contributed by atoms with Crippen LogP contribution in [0.25, 0.3) is 0 Å². The maximum absolute atomic E-state index is 13.7. The quantitative estimate of drug-likeness (QED) is 0.553. The van der Waals surface area contributed by atoms with Gasteiger partial charge < -0.3 is 15.0 Å². The van der Waals surface area contributed by atoms with Crippen LogP contribution in [0.1, 0.15) is 52.2 Å². The Balaban J connectivity index is 1.73. The highest BCUT2D eigenvalue weighted by molar-refractivity contribution is 7.10. The fourth-order valence-electron chi connectivity index (χ4n) is 4.39. The van der Waals surface area contributed by atoms with Crippen LogP contribution in [0.2, 0.25) is 0 Å². The van der Waals surface area contributed by atoms with Crippen LogP contribution in [0.5, 0.6) is 5.75 Å². The number of nitrogens with one attached hydrogen (secondary N) is 1. The van der Waals surface area contributed by atoms with Crippen LogP contribution >= 0.6 is 11.3 Å². The molecule has 0 saturated heterocycles. The first-order valence-corrected chi connectivity index (χ1v) is 11.7. The summed E-state index contributed by atoms with van der Waals surface area (Å²) in [6.07, 6.45) is 0. The lowest BCUT2D eigenvalue weighted by Gasteiger charge is -2.42. The second-order valence-corrected chi connectivity index (χ2v) is 9.39. The number of benzene rings is 2. The number of hydrogen-bond donors (Lipinski definition) is 1. The number of fused-ring (bicyclic) bond motifs is 1. The average Bonchev–Trinajstić information content (AvgIpc) is 3.33. The third-order valence-electron chi connectivity index (χ3n) is 5.76. The van der Waals surface area contributed by atoms with Crippen LogP contribution in [-0.2, 0) is 11.3 Å². The number of ether oxygens (including phenoxy) is 1. The van der Waals surface area contributed by atoms with Crippen LogP contribution in [0.3, 0.4) is 0 Å². The predicted molar refractivity (Wildman–Crippen MR) is 127 cm³/mol. The van der Waals surface area contributed by atoms with E-state index in [9.17, 15) is 9.59 Å². The number of carbonyl (C=O) groups excluding carboxylic acids is 2. The first-order chi connectivity index (χ1) is 15.5. The predicted octanol–water partition coefficient (Wildman–Crippen LogP) is 5.01. The lowest BCUT2D eigenvalue weighted by molar-refractivity contribution is -0.124. The van der Waals surface area contributed by atoms with E-state index in [0.29, 0.717) is 18.7 Å². The molecular formula is C26H28N2O3S. The molecule has 32 heavy (non-hydrogen) atoms. The lowest BCUT2D eigenvalue weighted by atomic mass is 9.81. The summed E-state index contributed by atoms with van der Waals surface area (Å²) in [7, 11) is 1.63. The summed E-state index contributed by atoms with van der Waals surface area (Å²) in [5.41, 5.74) is 2.31. The van der Waals surface area contributed by atoms with E-state index >= 15 is 0 Å². The van der Waals surface area contributed by atoms with E-state index in [1.54, 1.807) is 18.4 Å². The molecule has 1 aliphatic rings. The van der Waals surface area contributed by atoms with Gasteiger partial charge in [-0.25, -0.2) is 0 Å². The van der Waals surface area contributed by atoms with Gasteiger partial charge in [-0.3, -0.25) is 9.59 Å². The number of nitrogens with zero attached hydrogens (tertiary/aromatic N) is 1. The summed E-state index contributed by atoms with van der Waals surface area (Å²) in [6.45, 7) is 5.13. The van der Waals surface area contributed by atoms with E-state index in [4.69, 9.17) is 4.74 Å². The maximum Gasteiger partial charge on any atom is 0.254 e. The van der Waals surface area contributed by atoms with Gasteiger partial charge in [-0.15, -0.1) is 11.3 Å². The number of thiophene rings is 1. The standard InChI is InChI=1S/C26H28N2O3S/c1-17(2)16-28-24(22-13-8-14-32-22)23(19-10-5-6-11-20(19)26(28)30)25(29)27-15-18-9-4-7-12-21(18)31-3/h4-14,17,23-24H,15-16H2,1-3H3,(H,27,29)/t23-,24-/m1/s1. The van der Waals surface area contributed by atoms with Crippen molar-refractivity contribution in [1.29, 1.82) is 0 Å². The Bertz CT molecular complexity index is 1090. The van der Waals surface area contributed by atoms with Crippen molar-refractivity contribution in [3.05, 3.63) is 87.6 Å². The van der Waals surface area contributed by atoms with Crippen molar-refractivity contribution in [3.8, 4) is 5.75 Å². The molecule has 0 aliphatic carbocycles. The molecule has 0 fully saturated rings. The molecule has 2 heterocycles. The molecule has 166 valence electrons. The molecule has 0 saturated carbocycles. The number of hydrogen-bond acceptors (Lipinski definition) is 4. The van der Waals surface area contributed by atoms with Crippen molar-refractivity contribution in [3.63, 3.8) is 0 Å². The van der Waals surface area contributed by atoms with E-state index in [1.165, 1.54) is 0 Å². The fourth-order valence-corrected chi connectivity index (χ4v) is 5.26. The topological polar surface area (TPSA) is 58.6 Å². The second-order valence-electron chi connectivity index (χ2n) is 8.41. The van der Waals surface area contributed by atoms with Crippen molar-refractivity contribution in [2.75, 3.05) is 13.7 Å². The second kappa shape index (κ2) is 9.57. The SMILES string of the molecule is COc1ccccc1CNC(=O)[C@@H]1c2ccccc2C(=O)N(CC(C)C)[C@@H]1c1cccs1. The van der Waals surface area contributed by atoms with Crippen molar-refractivity contribution >= 4 is 23.2 Å². The fraction of sp³-hybridized carbons (Fsp3) is 0.308. The maximum atomic E-state index is 13.7. The zero-order valence-electron chi connectivity index (χ0n) is 18.6. The summed E-state index contributed by atoms with van der Waals surface area (Å²) in [5.74, 6) is 0.424. The smallest absolute Gasteiger partial charge is 0.254 e. The van der Waals surface area contributed by atoms with Gasteiger partial charge in [-0.1, -0.05) is 56.3 Å². The Morgan fingerprint density at radius 2 is 1.84 bits per heavy atom. The molecule has 0 unspecified atom stereocenters. The van der Waals surface area contributed by atoms with Crippen LogP contribution in [0.15, 0.2) is 66.0 Å². The summed E-state index contributed by atoms with van der Waals surface area (Å²) in [4.78, 5) is 30.1. The molecule has 0 radical (unpaired) electrons. The zero-order valence-corrected chi connectivity index (χ0v) is 19.4. The number of methoxy groups -OCH3 is 1. The van der Waals surface area contributed by atoms with E-state index in [0.717, 1.165) is 21.8 Å². The van der Waals surface area contributed by atoms with Crippen LogP contribution < -0.4 is 10.1 Å². The Morgan fingerprint density at radius 3 is 2.56 bits per heavy atom. The van der Waals surface area contributed by atoms with Gasteiger partial charge in [0.1, 0.15) is 5.75 Å². The molecule has 0 spiro atoms. The van der Waals surface area contributed by atoms with Gasteiger partial charge >= 0.3 is 0 Å². The molecule has 2 atom stereocenters. The Hall–Kier alpha value is -3.12. The number of rotatable bonds is 7. The van der Waals surface area contributed by atoms with E-state index in [1.807, 2.05) is 70.9 Å². The number of carbonyl (C=O) groups is 2. The van der Waals surface area contributed by atoms with Crippen molar-refractivity contribution in [1.82, 2.24) is 10.2 Å². The highest BCUT2D eigenvalue weighted by Gasteiger charge is 2.44. The summed E-state index contributed by atoms with van der Waals surface area (Å²) in [5, 5.41) is 5.11.